The highest BCUT2D eigenvalue weighted by Crippen LogP contribution is 2.18. The molecular formula is C15H23N3O3. The molecule has 1 aliphatic heterocycles. The first-order chi connectivity index (χ1) is 10.1. The lowest BCUT2D eigenvalue weighted by Crippen LogP contribution is -2.47. The molecule has 2 amide bonds. The fourth-order valence-corrected chi connectivity index (χ4v) is 2.86. The number of hydrogen-bond donors (Lipinski definition) is 2. The van der Waals surface area contributed by atoms with Crippen molar-refractivity contribution < 1.29 is 14.7 Å². The van der Waals surface area contributed by atoms with Gasteiger partial charge in [0.25, 0.3) is 5.91 Å². The number of likely N-dealkylation sites (tertiary alicyclic amines) is 1. The first kappa shape index (κ1) is 15.7. The van der Waals surface area contributed by atoms with Crippen LogP contribution in [0.15, 0.2) is 18.3 Å². The largest absolute Gasteiger partial charge is 0.396 e. The number of rotatable bonds is 5. The van der Waals surface area contributed by atoms with Gasteiger partial charge in [-0.05, 0) is 37.9 Å². The molecular weight excluding hydrogens is 270 g/mol. The molecule has 1 saturated heterocycles. The van der Waals surface area contributed by atoms with Crippen molar-refractivity contribution in [2.75, 3.05) is 19.7 Å². The van der Waals surface area contributed by atoms with E-state index in [1.165, 1.54) is 0 Å². The number of aliphatic hydroxyl groups excluding tert-OH is 1. The van der Waals surface area contributed by atoms with Crippen molar-refractivity contribution in [1.29, 1.82) is 0 Å². The Balaban J connectivity index is 1.88. The molecule has 1 fully saturated rings. The van der Waals surface area contributed by atoms with Gasteiger partial charge in [0.05, 0.1) is 6.54 Å². The molecule has 0 radical (unpaired) electrons. The summed E-state index contributed by atoms with van der Waals surface area (Å²) < 4.78 is 1.68. The average Bonchev–Trinajstić information content (AvgIpc) is 2.87. The van der Waals surface area contributed by atoms with Crippen molar-refractivity contribution in [3.63, 3.8) is 0 Å². The van der Waals surface area contributed by atoms with E-state index in [1.807, 2.05) is 0 Å². The number of nitrogens with one attached hydrogen (secondary N) is 1. The summed E-state index contributed by atoms with van der Waals surface area (Å²) in [5.41, 5.74) is 0.467. The lowest BCUT2D eigenvalue weighted by molar-refractivity contribution is -0.122. The minimum Gasteiger partial charge on any atom is -0.396 e. The van der Waals surface area contributed by atoms with Gasteiger partial charge in [-0.1, -0.05) is 6.42 Å². The maximum absolute atomic E-state index is 12.0. The van der Waals surface area contributed by atoms with E-state index < -0.39 is 0 Å². The predicted molar refractivity (Wildman–Crippen MR) is 78.8 cm³/mol. The van der Waals surface area contributed by atoms with Gasteiger partial charge >= 0.3 is 0 Å². The van der Waals surface area contributed by atoms with Gasteiger partial charge in [-0.3, -0.25) is 19.8 Å². The number of aliphatic hydroxyl groups is 1. The molecule has 2 rings (SSSR count). The first-order valence-corrected chi connectivity index (χ1v) is 7.42. The number of carbonyl (C=O) groups is 2. The Morgan fingerprint density at radius 2 is 2.24 bits per heavy atom. The number of carbonyl (C=O) groups excluding carboxylic acids is 2. The van der Waals surface area contributed by atoms with Gasteiger partial charge in [0.1, 0.15) is 5.69 Å². The summed E-state index contributed by atoms with van der Waals surface area (Å²) in [6.45, 7) is 1.18. The smallest absolute Gasteiger partial charge is 0.274 e. The van der Waals surface area contributed by atoms with Crippen molar-refractivity contribution in [3.8, 4) is 0 Å². The lowest BCUT2D eigenvalue weighted by atomic mass is 10.00. The van der Waals surface area contributed by atoms with Gasteiger partial charge in [-0.25, -0.2) is 0 Å². The SMILES string of the molecule is Cn1cccc1C(=O)NC(=O)CN1CCCCC1CCO. The van der Waals surface area contributed by atoms with E-state index in [1.54, 1.807) is 29.9 Å². The second-order valence-corrected chi connectivity index (χ2v) is 5.51. The molecule has 1 aliphatic rings. The minimum absolute atomic E-state index is 0.130. The molecule has 6 nitrogen and oxygen atoms in total. The predicted octanol–water partition coefficient (Wildman–Crippen LogP) is 0.518. The van der Waals surface area contributed by atoms with Crippen LogP contribution in [-0.4, -0.2) is 52.1 Å². The number of piperidine rings is 1. The molecule has 2 N–H and O–H groups in total. The second-order valence-electron chi connectivity index (χ2n) is 5.51. The third-order valence-electron chi connectivity index (χ3n) is 3.99. The molecule has 0 saturated carbocycles. The Morgan fingerprint density at radius 1 is 1.43 bits per heavy atom. The van der Waals surface area contributed by atoms with Crippen molar-refractivity contribution in [2.45, 2.75) is 31.7 Å². The molecule has 1 unspecified atom stereocenters. The van der Waals surface area contributed by atoms with Gasteiger partial charge in [-0.15, -0.1) is 0 Å². The molecule has 1 atom stereocenters. The number of imide groups is 1. The molecule has 6 heteroatoms. The van der Waals surface area contributed by atoms with Crippen LogP contribution in [0.4, 0.5) is 0 Å². The highest BCUT2D eigenvalue weighted by Gasteiger charge is 2.24. The minimum atomic E-state index is -0.372. The van der Waals surface area contributed by atoms with Gasteiger partial charge in [0, 0.05) is 25.9 Å². The highest BCUT2D eigenvalue weighted by molar-refractivity contribution is 6.04. The van der Waals surface area contributed by atoms with Crippen LogP contribution in [-0.2, 0) is 11.8 Å². The number of aromatic nitrogens is 1. The van der Waals surface area contributed by atoms with Crippen molar-refractivity contribution in [3.05, 3.63) is 24.0 Å². The zero-order valence-corrected chi connectivity index (χ0v) is 12.4. The highest BCUT2D eigenvalue weighted by atomic mass is 16.3. The molecule has 2 heterocycles. The number of nitrogens with zero attached hydrogens (tertiary/aromatic N) is 2. The Kier molecular flexibility index (Phi) is 5.52. The van der Waals surface area contributed by atoms with Crippen LogP contribution in [0.3, 0.4) is 0 Å². The van der Waals surface area contributed by atoms with Crippen LogP contribution in [0.1, 0.15) is 36.2 Å². The Hall–Kier alpha value is -1.66. The van der Waals surface area contributed by atoms with E-state index in [4.69, 9.17) is 5.11 Å². The summed E-state index contributed by atoms with van der Waals surface area (Å²) in [7, 11) is 1.77. The average molecular weight is 293 g/mol. The van der Waals surface area contributed by atoms with Crippen LogP contribution >= 0.6 is 0 Å². The fraction of sp³-hybridized carbons (Fsp3) is 0.600. The first-order valence-electron chi connectivity index (χ1n) is 7.42. The lowest BCUT2D eigenvalue weighted by Gasteiger charge is -2.34. The van der Waals surface area contributed by atoms with Crippen LogP contribution < -0.4 is 5.32 Å². The van der Waals surface area contributed by atoms with Gasteiger partial charge in [-0.2, -0.15) is 0 Å². The number of aryl methyl sites for hydroxylation is 1. The zero-order chi connectivity index (χ0) is 15.2. The molecule has 1 aromatic rings. The Labute approximate surface area is 124 Å². The van der Waals surface area contributed by atoms with Crippen molar-refractivity contribution in [1.82, 2.24) is 14.8 Å². The monoisotopic (exact) mass is 293 g/mol. The van der Waals surface area contributed by atoms with Gasteiger partial charge in [0.2, 0.25) is 5.91 Å². The molecule has 0 bridgehead atoms. The van der Waals surface area contributed by atoms with E-state index in [2.05, 4.69) is 10.2 Å². The topological polar surface area (TPSA) is 74.6 Å². The third-order valence-corrected chi connectivity index (χ3v) is 3.99. The normalized spacial score (nSPS) is 19.4. The third kappa shape index (κ3) is 4.15. The van der Waals surface area contributed by atoms with Gasteiger partial charge < -0.3 is 9.67 Å². The molecule has 1 aromatic heterocycles. The van der Waals surface area contributed by atoms with E-state index in [0.29, 0.717) is 12.1 Å². The summed E-state index contributed by atoms with van der Waals surface area (Å²) in [4.78, 5) is 26.1. The summed E-state index contributed by atoms with van der Waals surface area (Å²) in [5, 5.41) is 11.5. The number of hydrogen-bond acceptors (Lipinski definition) is 4. The van der Waals surface area contributed by atoms with Crippen LogP contribution in [0.5, 0.6) is 0 Å². The summed E-state index contributed by atoms with van der Waals surface area (Å²) in [5.74, 6) is -0.658. The van der Waals surface area contributed by atoms with Crippen molar-refractivity contribution >= 4 is 11.8 Å². The van der Waals surface area contributed by atoms with E-state index in [9.17, 15) is 9.59 Å². The van der Waals surface area contributed by atoms with Crippen LogP contribution in [0.2, 0.25) is 0 Å². The molecule has 0 aromatic carbocycles. The molecule has 0 aliphatic carbocycles. The summed E-state index contributed by atoms with van der Waals surface area (Å²) >= 11 is 0. The number of amides is 2. The maximum atomic E-state index is 12.0. The standard InChI is InChI=1S/C15H23N3O3/c1-17-8-4-6-13(17)15(21)16-14(20)11-18-9-3-2-5-12(18)7-10-19/h4,6,8,12,19H,2-3,5,7,9-11H2,1H3,(H,16,20,21). The van der Waals surface area contributed by atoms with Crippen LogP contribution in [0.25, 0.3) is 0 Å². The summed E-state index contributed by atoms with van der Waals surface area (Å²) in [6.07, 6.45) is 5.63. The quantitative estimate of drug-likeness (QED) is 0.830. The fourth-order valence-electron chi connectivity index (χ4n) is 2.86. The van der Waals surface area contributed by atoms with E-state index in [-0.39, 0.29) is 31.0 Å². The van der Waals surface area contributed by atoms with Gasteiger partial charge in [0.15, 0.2) is 0 Å². The van der Waals surface area contributed by atoms with Crippen molar-refractivity contribution in [2.24, 2.45) is 7.05 Å². The Bertz CT molecular complexity index is 496. The zero-order valence-electron chi connectivity index (χ0n) is 12.4. The summed E-state index contributed by atoms with van der Waals surface area (Å²) in [6, 6.07) is 3.68. The molecule has 21 heavy (non-hydrogen) atoms. The Morgan fingerprint density at radius 3 is 2.90 bits per heavy atom. The molecule has 116 valence electrons. The van der Waals surface area contributed by atoms with E-state index in [0.717, 1.165) is 25.8 Å². The second kappa shape index (κ2) is 7.38. The van der Waals surface area contributed by atoms with Crippen LogP contribution in [0, 0.1) is 0 Å². The van der Waals surface area contributed by atoms with E-state index >= 15 is 0 Å². The molecule has 0 spiro atoms. The maximum Gasteiger partial charge on any atom is 0.274 e.